The van der Waals surface area contributed by atoms with Crippen molar-refractivity contribution in [2.24, 2.45) is 0 Å². The second kappa shape index (κ2) is 5.12. The van der Waals surface area contributed by atoms with Gasteiger partial charge in [0.05, 0.1) is 6.61 Å². The van der Waals surface area contributed by atoms with Crippen molar-refractivity contribution in [3.05, 3.63) is 49.8 Å². The molecule has 0 spiro atoms. The molecule has 0 bridgehead atoms. The molecule has 20 heavy (non-hydrogen) atoms. The quantitative estimate of drug-likeness (QED) is 0.867. The van der Waals surface area contributed by atoms with E-state index in [1.54, 1.807) is 6.92 Å². The number of hydrogen-bond donors (Lipinski definition) is 1. The minimum Gasteiger partial charge on any atom is -0.488 e. The van der Waals surface area contributed by atoms with Gasteiger partial charge in [-0.3, -0.25) is 9.59 Å². The van der Waals surface area contributed by atoms with Crippen LogP contribution >= 0.6 is 0 Å². The van der Waals surface area contributed by atoms with E-state index in [9.17, 15) is 9.59 Å². The molecular formula is C16H17NO3. The summed E-state index contributed by atoms with van der Waals surface area (Å²) in [7, 11) is 0. The molecule has 0 amide bonds. The fourth-order valence-corrected chi connectivity index (χ4v) is 2.80. The fraction of sp³-hybridized carbons (Fsp3) is 0.375. The summed E-state index contributed by atoms with van der Waals surface area (Å²) < 4.78 is 5.24. The van der Waals surface area contributed by atoms with Crippen LogP contribution in [0.4, 0.5) is 11.4 Å². The maximum atomic E-state index is 11.7. The Morgan fingerprint density at radius 2 is 1.95 bits per heavy atom. The number of benzene rings is 1. The summed E-state index contributed by atoms with van der Waals surface area (Å²) in [5.74, 6) is 0.172. The average Bonchev–Trinajstić information content (AvgIpc) is 2.50. The Morgan fingerprint density at radius 1 is 1.15 bits per heavy atom. The lowest BCUT2D eigenvalue weighted by Gasteiger charge is -2.21. The molecule has 0 unspecified atom stereocenters. The van der Waals surface area contributed by atoms with E-state index in [2.05, 4.69) is 11.4 Å². The van der Waals surface area contributed by atoms with Crippen LogP contribution in [0.25, 0.3) is 0 Å². The molecule has 0 saturated heterocycles. The van der Waals surface area contributed by atoms with Crippen molar-refractivity contribution in [2.45, 2.75) is 32.6 Å². The zero-order valence-electron chi connectivity index (χ0n) is 11.5. The molecule has 4 heteroatoms. The van der Waals surface area contributed by atoms with Crippen LogP contribution < -0.4 is 20.9 Å². The Kier molecular flexibility index (Phi) is 3.30. The van der Waals surface area contributed by atoms with E-state index in [1.165, 1.54) is 17.5 Å². The molecule has 0 saturated carbocycles. The van der Waals surface area contributed by atoms with E-state index in [1.807, 2.05) is 12.1 Å². The molecule has 0 aliphatic heterocycles. The first-order valence-corrected chi connectivity index (χ1v) is 7.06. The first kappa shape index (κ1) is 12.9. The lowest BCUT2D eigenvalue weighted by atomic mass is 9.90. The first-order chi connectivity index (χ1) is 9.72. The SMILES string of the molecule is CCOc1c(Nc2cccc3c2CCCC3)c(=O)c1=O. The molecule has 1 aliphatic carbocycles. The zero-order chi connectivity index (χ0) is 14.1. The van der Waals surface area contributed by atoms with Gasteiger partial charge in [0.25, 0.3) is 10.9 Å². The van der Waals surface area contributed by atoms with Crippen LogP contribution in [0.1, 0.15) is 30.9 Å². The highest BCUT2D eigenvalue weighted by molar-refractivity contribution is 5.72. The van der Waals surface area contributed by atoms with E-state index in [-0.39, 0.29) is 5.75 Å². The van der Waals surface area contributed by atoms with Crippen molar-refractivity contribution >= 4 is 11.4 Å². The highest BCUT2D eigenvalue weighted by Gasteiger charge is 2.23. The fourth-order valence-electron chi connectivity index (χ4n) is 2.80. The van der Waals surface area contributed by atoms with E-state index in [4.69, 9.17) is 4.74 Å². The van der Waals surface area contributed by atoms with Gasteiger partial charge in [-0.15, -0.1) is 0 Å². The van der Waals surface area contributed by atoms with Gasteiger partial charge < -0.3 is 10.1 Å². The van der Waals surface area contributed by atoms with E-state index in [0.717, 1.165) is 24.9 Å². The first-order valence-electron chi connectivity index (χ1n) is 7.06. The number of anilines is 2. The van der Waals surface area contributed by atoms with Crippen LogP contribution in [-0.4, -0.2) is 6.61 Å². The summed E-state index contributed by atoms with van der Waals surface area (Å²) in [6.45, 7) is 2.18. The van der Waals surface area contributed by atoms with Crippen molar-refractivity contribution < 1.29 is 4.74 Å². The molecule has 2 aromatic carbocycles. The third-order valence-electron chi connectivity index (χ3n) is 3.81. The van der Waals surface area contributed by atoms with Crippen molar-refractivity contribution in [2.75, 3.05) is 11.9 Å². The van der Waals surface area contributed by atoms with Crippen molar-refractivity contribution in [1.82, 2.24) is 0 Å². The summed E-state index contributed by atoms with van der Waals surface area (Å²) in [5, 5.41) is 3.11. The molecule has 104 valence electrons. The molecule has 2 aromatic rings. The molecular weight excluding hydrogens is 254 g/mol. The third-order valence-corrected chi connectivity index (χ3v) is 3.81. The standard InChI is InChI=1S/C16H17NO3/c1-2-20-16-13(14(18)15(16)19)17-12-9-5-7-10-6-3-4-8-11(10)12/h5,7,9,17H,2-4,6,8H2,1H3. The van der Waals surface area contributed by atoms with Crippen LogP contribution in [-0.2, 0) is 12.8 Å². The molecule has 4 nitrogen and oxygen atoms in total. The number of fused-ring (bicyclic) bond motifs is 1. The second-order valence-electron chi connectivity index (χ2n) is 5.07. The van der Waals surface area contributed by atoms with Crippen LogP contribution in [0, 0.1) is 0 Å². The molecule has 0 heterocycles. The Morgan fingerprint density at radius 3 is 2.75 bits per heavy atom. The summed E-state index contributed by atoms with van der Waals surface area (Å²) in [6, 6.07) is 6.07. The van der Waals surface area contributed by atoms with Crippen LogP contribution in [0.3, 0.4) is 0 Å². The normalized spacial score (nSPS) is 14.1. The van der Waals surface area contributed by atoms with Crippen molar-refractivity contribution in [3.63, 3.8) is 0 Å². The molecule has 1 aliphatic rings. The minimum absolute atomic E-state index is 0.172. The predicted molar refractivity (Wildman–Crippen MR) is 78.9 cm³/mol. The molecule has 0 atom stereocenters. The number of hydrogen-bond acceptors (Lipinski definition) is 4. The van der Waals surface area contributed by atoms with Crippen LogP contribution in [0.15, 0.2) is 27.8 Å². The van der Waals surface area contributed by atoms with Gasteiger partial charge in [0.15, 0.2) is 5.75 Å². The monoisotopic (exact) mass is 271 g/mol. The maximum absolute atomic E-state index is 11.7. The Balaban J connectivity index is 1.95. The summed E-state index contributed by atoms with van der Waals surface area (Å²) >= 11 is 0. The molecule has 1 N–H and O–H groups in total. The lowest BCUT2D eigenvalue weighted by Crippen LogP contribution is -2.35. The van der Waals surface area contributed by atoms with Gasteiger partial charge in [0.2, 0.25) is 0 Å². The van der Waals surface area contributed by atoms with Gasteiger partial charge in [0, 0.05) is 5.69 Å². The zero-order valence-corrected chi connectivity index (χ0v) is 11.5. The van der Waals surface area contributed by atoms with Crippen molar-refractivity contribution in [3.8, 4) is 5.75 Å². The number of nitrogens with one attached hydrogen (secondary N) is 1. The third kappa shape index (κ3) is 2.01. The van der Waals surface area contributed by atoms with Gasteiger partial charge in [-0.25, -0.2) is 0 Å². The van der Waals surface area contributed by atoms with Gasteiger partial charge in [0.1, 0.15) is 5.69 Å². The number of ether oxygens (including phenoxy) is 1. The number of rotatable bonds is 4. The second-order valence-corrected chi connectivity index (χ2v) is 5.07. The smallest absolute Gasteiger partial charge is 0.272 e. The minimum atomic E-state index is -0.529. The Bertz CT molecular complexity index is 711. The van der Waals surface area contributed by atoms with E-state index in [0.29, 0.717) is 12.3 Å². The summed E-state index contributed by atoms with van der Waals surface area (Å²) in [5.41, 5.74) is 2.80. The number of aryl methyl sites for hydroxylation is 1. The molecule has 0 radical (unpaired) electrons. The lowest BCUT2D eigenvalue weighted by molar-refractivity contribution is 0.335. The summed E-state index contributed by atoms with van der Waals surface area (Å²) in [4.78, 5) is 23.1. The summed E-state index contributed by atoms with van der Waals surface area (Å²) in [6.07, 6.45) is 4.46. The van der Waals surface area contributed by atoms with Crippen molar-refractivity contribution in [1.29, 1.82) is 0 Å². The highest BCUT2D eigenvalue weighted by atomic mass is 16.5. The predicted octanol–water partition coefficient (Wildman–Crippen LogP) is 2.30. The van der Waals surface area contributed by atoms with E-state index < -0.39 is 10.9 Å². The molecule has 0 fully saturated rings. The van der Waals surface area contributed by atoms with Crippen LogP contribution in [0.5, 0.6) is 5.75 Å². The van der Waals surface area contributed by atoms with Gasteiger partial charge in [-0.1, -0.05) is 12.1 Å². The van der Waals surface area contributed by atoms with E-state index >= 15 is 0 Å². The van der Waals surface area contributed by atoms with Crippen LogP contribution in [0.2, 0.25) is 0 Å². The highest BCUT2D eigenvalue weighted by Crippen LogP contribution is 2.31. The molecule has 3 rings (SSSR count). The largest absolute Gasteiger partial charge is 0.488 e. The van der Waals surface area contributed by atoms with Gasteiger partial charge in [-0.2, -0.15) is 0 Å². The van der Waals surface area contributed by atoms with Gasteiger partial charge >= 0.3 is 0 Å². The Hall–Kier alpha value is -2.10. The average molecular weight is 271 g/mol. The maximum Gasteiger partial charge on any atom is 0.272 e. The van der Waals surface area contributed by atoms with Gasteiger partial charge in [-0.05, 0) is 49.8 Å². The molecule has 0 aromatic heterocycles. The topological polar surface area (TPSA) is 55.4 Å². The Labute approximate surface area is 117 Å².